The number of carboxylic acids is 1. The molecule has 0 aliphatic carbocycles. The summed E-state index contributed by atoms with van der Waals surface area (Å²) in [5, 5.41) is 14.1. The number of rotatable bonds is 5. The zero-order valence-corrected chi connectivity index (χ0v) is 10.9. The van der Waals surface area contributed by atoms with Crippen molar-refractivity contribution in [1.29, 1.82) is 0 Å². The van der Waals surface area contributed by atoms with E-state index >= 15 is 0 Å². The van der Waals surface area contributed by atoms with Gasteiger partial charge in [0.15, 0.2) is 0 Å². The van der Waals surface area contributed by atoms with Crippen molar-refractivity contribution in [1.82, 2.24) is 10.6 Å². The second-order valence-corrected chi connectivity index (χ2v) is 4.52. The summed E-state index contributed by atoms with van der Waals surface area (Å²) in [6, 6.07) is -1.14. The lowest BCUT2D eigenvalue weighted by Gasteiger charge is -2.25. The summed E-state index contributed by atoms with van der Waals surface area (Å²) in [6.07, 6.45) is 0.0568. The van der Waals surface area contributed by atoms with Gasteiger partial charge in [0.2, 0.25) is 0 Å². The van der Waals surface area contributed by atoms with Gasteiger partial charge in [-0.05, 0) is 6.92 Å². The van der Waals surface area contributed by atoms with E-state index < -0.39 is 29.4 Å². The van der Waals surface area contributed by atoms with Crippen LogP contribution in [-0.2, 0) is 19.1 Å². The molecule has 1 rings (SSSR count). The third-order valence-corrected chi connectivity index (χ3v) is 3.09. The largest absolute Gasteiger partial charge is 0.481 e. The Balaban J connectivity index is 2.40. The van der Waals surface area contributed by atoms with Crippen LogP contribution in [0.2, 0.25) is 0 Å². The number of hydrogen-bond donors (Lipinski definition) is 3. The van der Waals surface area contributed by atoms with Crippen molar-refractivity contribution in [2.45, 2.75) is 19.4 Å². The van der Waals surface area contributed by atoms with Crippen LogP contribution in [0, 0.1) is 5.41 Å². The Hall–Kier alpha value is -1.83. The lowest BCUT2D eigenvalue weighted by atomic mass is 9.85. The van der Waals surface area contributed by atoms with Crippen LogP contribution in [0.25, 0.3) is 0 Å². The Morgan fingerprint density at radius 2 is 2.16 bits per heavy atom. The number of urea groups is 1. The van der Waals surface area contributed by atoms with Gasteiger partial charge >= 0.3 is 18.0 Å². The van der Waals surface area contributed by atoms with Gasteiger partial charge in [0.25, 0.3) is 0 Å². The van der Waals surface area contributed by atoms with Gasteiger partial charge in [0.05, 0.1) is 32.8 Å². The highest BCUT2D eigenvalue weighted by atomic mass is 16.5. The van der Waals surface area contributed by atoms with Crippen LogP contribution in [0.5, 0.6) is 0 Å². The van der Waals surface area contributed by atoms with Gasteiger partial charge in [-0.15, -0.1) is 0 Å². The smallest absolute Gasteiger partial charge is 0.315 e. The summed E-state index contributed by atoms with van der Waals surface area (Å²) in [5.41, 5.74) is -1.14. The number of amides is 2. The van der Waals surface area contributed by atoms with Crippen LogP contribution in [0.15, 0.2) is 0 Å². The highest BCUT2D eigenvalue weighted by Crippen LogP contribution is 2.28. The lowest BCUT2D eigenvalue weighted by Crippen LogP contribution is -2.52. The fourth-order valence-corrected chi connectivity index (χ4v) is 1.67. The molecule has 1 fully saturated rings. The summed E-state index contributed by atoms with van der Waals surface area (Å²) in [7, 11) is 1.26. The number of carbonyl (C=O) groups excluding carboxylic acids is 2. The minimum Gasteiger partial charge on any atom is -0.481 e. The first-order valence-electron chi connectivity index (χ1n) is 5.82. The molecule has 3 N–H and O–H groups in total. The molecule has 1 heterocycles. The monoisotopic (exact) mass is 274 g/mol. The van der Waals surface area contributed by atoms with Crippen LogP contribution >= 0.6 is 0 Å². The molecule has 0 aromatic carbocycles. The van der Waals surface area contributed by atoms with Gasteiger partial charge in [-0.3, -0.25) is 9.59 Å². The average Bonchev–Trinajstić information content (AvgIpc) is 2.72. The van der Waals surface area contributed by atoms with Gasteiger partial charge < -0.3 is 25.2 Å². The number of ether oxygens (including phenoxy) is 2. The van der Waals surface area contributed by atoms with Crippen LogP contribution in [0.4, 0.5) is 4.79 Å². The molecule has 2 atom stereocenters. The van der Waals surface area contributed by atoms with E-state index in [-0.39, 0.29) is 26.2 Å². The summed E-state index contributed by atoms with van der Waals surface area (Å²) in [4.78, 5) is 33.5. The Bertz CT molecular complexity index is 372. The molecule has 19 heavy (non-hydrogen) atoms. The molecule has 108 valence electrons. The maximum absolute atomic E-state index is 11.6. The van der Waals surface area contributed by atoms with Crippen molar-refractivity contribution in [2.75, 3.05) is 26.9 Å². The van der Waals surface area contributed by atoms with E-state index in [1.165, 1.54) is 14.0 Å². The number of carbonyl (C=O) groups is 3. The second kappa shape index (κ2) is 6.37. The van der Waals surface area contributed by atoms with Crippen LogP contribution < -0.4 is 10.6 Å². The fourth-order valence-electron chi connectivity index (χ4n) is 1.67. The second-order valence-electron chi connectivity index (χ2n) is 4.52. The van der Waals surface area contributed by atoms with E-state index in [9.17, 15) is 14.4 Å². The van der Waals surface area contributed by atoms with Crippen molar-refractivity contribution >= 4 is 18.0 Å². The minimum absolute atomic E-state index is 0.0510. The predicted molar refractivity (Wildman–Crippen MR) is 63.5 cm³/mol. The number of esters is 1. The van der Waals surface area contributed by atoms with Crippen molar-refractivity contribution < 1.29 is 29.0 Å². The number of aliphatic carboxylic acids is 1. The Labute approximate surface area is 110 Å². The molecule has 0 spiro atoms. The summed E-state index contributed by atoms with van der Waals surface area (Å²) >= 11 is 0. The Kier molecular flexibility index (Phi) is 5.11. The molecule has 1 saturated heterocycles. The van der Waals surface area contributed by atoms with E-state index in [0.29, 0.717) is 0 Å². The molecule has 8 nitrogen and oxygen atoms in total. The molecule has 0 aromatic rings. The molecule has 0 bridgehead atoms. The molecule has 0 radical (unpaired) electrons. The molecule has 8 heteroatoms. The van der Waals surface area contributed by atoms with E-state index in [1.54, 1.807) is 0 Å². The first-order chi connectivity index (χ1) is 8.90. The highest BCUT2D eigenvalue weighted by Gasteiger charge is 2.47. The molecular formula is C11H18N2O6. The Morgan fingerprint density at radius 3 is 2.74 bits per heavy atom. The van der Waals surface area contributed by atoms with Gasteiger partial charge in [-0.1, -0.05) is 0 Å². The Morgan fingerprint density at radius 1 is 1.47 bits per heavy atom. The average molecular weight is 274 g/mol. The van der Waals surface area contributed by atoms with Crippen molar-refractivity contribution in [2.24, 2.45) is 5.41 Å². The third kappa shape index (κ3) is 3.82. The molecule has 1 aliphatic rings. The summed E-state index contributed by atoms with van der Waals surface area (Å²) in [5.74, 6) is -1.45. The normalized spacial score (nSPS) is 25.7. The van der Waals surface area contributed by atoms with Gasteiger partial charge in [0, 0.05) is 6.54 Å². The third-order valence-electron chi connectivity index (χ3n) is 3.09. The van der Waals surface area contributed by atoms with Gasteiger partial charge in [-0.25, -0.2) is 4.79 Å². The maximum atomic E-state index is 11.6. The van der Waals surface area contributed by atoms with Crippen LogP contribution in [-0.4, -0.2) is 56.0 Å². The minimum atomic E-state index is -1.14. The predicted octanol–water partition coefficient (Wildman–Crippen LogP) is -0.662. The SMILES string of the molecule is COC(=O)CCNC(=O)NC1COCC1(C)C(=O)O. The number of methoxy groups -OCH3 is 1. The molecule has 2 amide bonds. The van der Waals surface area contributed by atoms with Crippen molar-refractivity contribution in [3.8, 4) is 0 Å². The molecule has 0 saturated carbocycles. The van der Waals surface area contributed by atoms with Crippen molar-refractivity contribution in [3.05, 3.63) is 0 Å². The quantitative estimate of drug-likeness (QED) is 0.573. The zero-order chi connectivity index (χ0) is 14.5. The number of carboxylic acid groups (broad SMARTS) is 1. The standard InChI is InChI=1S/C11H18N2O6/c1-11(9(15)16)6-19-5-7(11)13-10(17)12-4-3-8(14)18-2/h7H,3-6H2,1-2H3,(H,15,16)(H2,12,13,17). The molecule has 2 unspecified atom stereocenters. The molecule has 0 aromatic heterocycles. The fraction of sp³-hybridized carbons (Fsp3) is 0.727. The van der Waals surface area contributed by atoms with Crippen LogP contribution in [0.3, 0.4) is 0 Å². The number of hydrogen-bond acceptors (Lipinski definition) is 5. The van der Waals surface area contributed by atoms with Crippen LogP contribution in [0.1, 0.15) is 13.3 Å². The maximum Gasteiger partial charge on any atom is 0.315 e. The summed E-state index contributed by atoms with van der Waals surface area (Å²) < 4.78 is 9.52. The zero-order valence-electron chi connectivity index (χ0n) is 10.9. The van der Waals surface area contributed by atoms with E-state index in [1.807, 2.05) is 0 Å². The lowest BCUT2D eigenvalue weighted by molar-refractivity contribution is -0.148. The summed E-state index contributed by atoms with van der Waals surface area (Å²) in [6.45, 7) is 1.83. The molecule has 1 aliphatic heterocycles. The van der Waals surface area contributed by atoms with E-state index in [2.05, 4.69) is 15.4 Å². The molecular weight excluding hydrogens is 256 g/mol. The van der Waals surface area contributed by atoms with Gasteiger partial charge in [-0.2, -0.15) is 0 Å². The first-order valence-corrected chi connectivity index (χ1v) is 5.82. The van der Waals surface area contributed by atoms with E-state index in [0.717, 1.165) is 0 Å². The first kappa shape index (κ1) is 15.2. The van der Waals surface area contributed by atoms with Gasteiger partial charge in [0.1, 0.15) is 5.41 Å². The topological polar surface area (TPSA) is 114 Å². The number of nitrogens with one attached hydrogen (secondary N) is 2. The van der Waals surface area contributed by atoms with Crippen molar-refractivity contribution in [3.63, 3.8) is 0 Å². The van der Waals surface area contributed by atoms with E-state index in [4.69, 9.17) is 9.84 Å². The highest BCUT2D eigenvalue weighted by molar-refractivity contribution is 5.79.